The maximum Gasteiger partial charge on any atom is 0.303 e. The fourth-order valence-electron chi connectivity index (χ4n) is 0.882. The summed E-state index contributed by atoms with van der Waals surface area (Å²) in [6.45, 7) is 0.582. The van der Waals surface area contributed by atoms with Gasteiger partial charge >= 0.3 is 5.97 Å². The van der Waals surface area contributed by atoms with Gasteiger partial charge in [-0.1, -0.05) is 5.92 Å². The van der Waals surface area contributed by atoms with Crippen molar-refractivity contribution in [2.24, 2.45) is 0 Å². The number of rotatable bonds is 8. The van der Waals surface area contributed by atoms with E-state index in [4.69, 9.17) is 11.5 Å². The maximum absolute atomic E-state index is 11.1. The zero-order valence-corrected chi connectivity index (χ0v) is 9.31. The van der Waals surface area contributed by atoms with Crippen molar-refractivity contribution in [2.45, 2.75) is 19.3 Å². The number of aliphatic carboxylic acids is 1. The van der Waals surface area contributed by atoms with Crippen molar-refractivity contribution in [2.75, 3.05) is 18.1 Å². The van der Waals surface area contributed by atoms with E-state index in [-0.39, 0.29) is 18.7 Å². The number of carbonyl (C=O) groups excluding carboxylic acids is 1. The molecule has 0 spiro atoms. The molecule has 0 radical (unpaired) electrons. The summed E-state index contributed by atoms with van der Waals surface area (Å²) in [4.78, 5) is 21.3. The molecule has 1 amide bonds. The topological polar surface area (TPSA) is 66.4 Å². The van der Waals surface area contributed by atoms with Crippen molar-refractivity contribution in [1.82, 2.24) is 5.32 Å². The van der Waals surface area contributed by atoms with Crippen LogP contribution in [0.2, 0.25) is 0 Å². The summed E-state index contributed by atoms with van der Waals surface area (Å²) < 4.78 is 0. The van der Waals surface area contributed by atoms with Crippen molar-refractivity contribution < 1.29 is 14.7 Å². The Kier molecular flexibility index (Phi) is 8.69. The van der Waals surface area contributed by atoms with Crippen LogP contribution in [0.3, 0.4) is 0 Å². The quantitative estimate of drug-likeness (QED) is 0.475. The van der Waals surface area contributed by atoms with Gasteiger partial charge in [0.25, 0.3) is 0 Å². The molecule has 0 unspecified atom stereocenters. The molecule has 15 heavy (non-hydrogen) atoms. The zero-order chi connectivity index (χ0) is 11.5. The minimum Gasteiger partial charge on any atom is -0.481 e. The smallest absolute Gasteiger partial charge is 0.303 e. The number of hydrogen-bond acceptors (Lipinski definition) is 3. The molecule has 0 bridgehead atoms. The average Bonchev–Trinajstić information content (AvgIpc) is 2.17. The van der Waals surface area contributed by atoms with E-state index in [9.17, 15) is 9.59 Å². The average molecular weight is 229 g/mol. The standard InChI is InChI=1S/C10H15NO3S/c1-2-7-15-8-6-11-9(12)4-3-5-10(13)14/h1H,3-8H2,(H,11,12)(H,13,14). The highest BCUT2D eigenvalue weighted by molar-refractivity contribution is 7.99. The number of thioether (sulfide) groups is 1. The lowest BCUT2D eigenvalue weighted by atomic mass is 10.2. The molecule has 0 aliphatic heterocycles. The summed E-state index contributed by atoms with van der Waals surface area (Å²) in [5.74, 6) is 2.95. The lowest BCUT2D eigenvalue weighted by Crippen LogP contribution is -2.25. The van der Waals surface area contributed by atoms with Crippen LogP contribution in [0.25, 0.3) is 0 Å². The maximum atomic E-state index is 11.1. The van der Waals surface area contributed by atoms with Crippen molar-refractivity contribution >= 4 is 23.6 Å². The van der Waals surface area contributed by atoms with E-state index in [1.54, 1.807) is 11.8 Å². The second kappa shape index (κ2) is 9.41. The van der Waals surface area contributed by atoms with Crippen molar-refractivity contribution in [3.63, 3.8) is 0 Å². The molecule has 0 atom stereocenters. The molecule has 0 aromatic carbocycles. The molecule has 0 aliphatic rings. The van der Waals surface area contributed by atoms with Gasteiger partial charge in [0.1, 0.15) is 0 Å². The molecule has 0 heterocycles. The number of nitrogens with one attached hydrogen (secondary N) is 1. The number of amides is 1. The van der Waals surface area contributed by atoms with Crippen LogP contribution in [0.4, 0.5) is 0 Å². The third-order valence-electron chi connectivity index (χ3n) is 1.55. The molecule has 0 aliphatic carbocycles. The number of carboxylic acid groups (broad SMARTS) is 1. The van der Waals surface area contributed by atoms with Crippen molar-refractivity contribution in [3.05, 3.63) is 0 Å². The second-order valence-corrected chi connectivity index (χ2v) is 3.96. The van der Waals surface area contributed by atoms with Crippen molar-refractivity contribution in [3.8, 4) is 12.3 Å². The van der Waals surface area contributed by atoms with Gasteiger partial charge < -0.3 is 10.4 Å². The van der Waals surface area contributed by atoms with E-state index in [1.165, 1.54) is 0 Å². The molecule has 0 aromatic rings. The highest BCUT2D eigenvalue weighted by Gasteiger charge is 2.02. The van der Waals surface area contributed by atoms with E-state index in [0.717, 1.165) is 5.75 Å². The number of carbonyl (C=O) groups is 2. The largest absolute Gasteiger partial charge is 0.481 e. The Balaban J connectivity index is 3.27. The Morgan fingerprint density at radius 2 is 2.13 bits per heavy atom. The molecule has 0 aromatic heterocycles. The van der Waals surface area contributed by atoms with Crippen LogP contribution in [0.15, 0.2) is 0 Å². The van der Waals surface area contributed by atoms with Gasteiger partial charge in [0, 0.05) is 25.1 Å². The summed E-state index contributed by atoms with van der Waals surface area (Å²) in [6, 6.07) is 0. The fourth-order valence-corrected chi connectivity index (χ4v) is 1.39. The van der Waals surface area contributed by atoms with Gasteiger partial charge in [-0.05, 0) is 6.42 Å². The zero-order valence-electron chi connectivity index (χ0n) is 8.49. The van der Waals surface area contributed by atoms with Crippen LogP contribution in [-0.2, 0) is 9.59 Å². The molecule has 84 valence electrons. The van der Waals surface area contributed by atoms with Crippen LogP contribution in [0.5, 0.6) is 0 Å². The van der Waals surface area contributed by atoms with Gasteiger partial charge in [-0.25, -0.2) is 0 Å². The number of terminal acetylenes is 1. The van der Waals surface area contributed by atoms with Crippen LogP contribution in [-0.4, -0.2) is 35.0 Å². The molecule has 0 saturated heterocycles. The van der Waals surface area contributed by atoms with Gasteiger partial charge in [0.05, 0.1) is 5.75 Å². The van der Waals surface area contributed by atoms with Gasteiger partial charge in [-0.2, -0.15) is 0 Å². The highest BCUT2D eigenvalue weighted by Crippen LogP contribution is 1.97. The normalized spacial score (nSPS) is 9.27. The Bertz CT molecular complexity index is 248. The Morgan fingerprint density at radius 3 is 2.73 bits per heavy atom. The van der Waals surface area contributed by atoms with E-state index in [0.29, 0.717) is 18.7 Å². The minimum atomic E-state index is -0.868. The van der Waals surface area contributed by atoms with E-state index >= 15 is 0 Å². The lowest BCUT2D eigenvalue weighted by Gasteiger charge is -2.03. The summed E-state index contributed by atoms with van der Waals surface area (Å²) in [6.07, 6.45) is 5.75. The first-order chi connectivity index (χ1) is 7.16. The minimum absolute atomic E-state index is 0.0409. The third-order valence-corrected chi connectivity index (χ3v) is 2.41. The monoisotopic (exact) mass is 229 g/mol. The van der Waals surface area contributed by atoms with Gasteiger partial charge in [0.15, 0.2) is 0 Å². The van der Waals surface area contributed by atoms with Crippen LogP contribution in [0.1, 0.15) is 19.3 Å². The molecule has 5 heteroatoms. The Hall–Kier alpha value is -1.15. The molecule has 0 rings (SSSR count). The predicted octanol–water partition coefficient (Wildman–Crippen LogP) is 0.724. The Morgan fingerprint density at radius 1 is 1.40 bits per heavy atom. The molecule has 4 nitrogen and oxygen atoms in total. The predicted molar refractivity (Wildman–Crippen MR) is 60.7 cm³/mol. The second-order valence-electron chi connectivity index (χ2n) is 2.85. The first-order valence-electron chi connectivity index (χ1n) is 4.66. The SMILES string of the molecule is C#CCSCCNC(=O)CCCC(=O)O. The Labute approximate surface area is 93.8 Å². The first-order valence-corrected chi connectivity index (χ1v) is 5.82. The summed E-state index contributed by atoms with van der Waals surface area (Å²) >= 11 is 1.58. The summed E-state index contributed by atoms with van der Waals surface area (Å²) in [7, 11) is 0. The van der Waals surface area contributed by atoms with E-state index < -0.39 is 5.97 Å². The summed E-state index contributed by atoms with van der Waals surface area (Å²) in [5.41, 5.74) is 0. The van der Waals surface area contributed by atoms with E-state index in [1.807, 2.05) is 0 Å². The van der Waals surface area contributed by atoms with Crippen LogP contribution in [0, 0.1) is 12.3 Å². The molecular weight excluding hydrogens is 214 g/mol. The van der Waals surface area contributed by atoms with Crippen molar-refractivity contribution in [1.29, 1.82) is 0 Å². The molecule has 0 fully saturated rings. The first kappa shape index (κ1) is 13.8. The van der Waals surface area contributed by atoms with Gasteiger partial charge in [-0.15, -0.1) is 18.2 Å². The van der Waals surface area contributed by atoms with Crippen LogP contribution < -0.4 is 5.32 Å². The molecule has 2 N–H and O–H groups in total. The summed E-state index contributed by atoms with van der Waals surface area (Å²) in [5, 5.41) is 11.0. The third kappa shape index (κ3) is 10.8. The molecular formula is C10H15NO3S. The van der Waals surface area contributed by atoms with E-state index in [2.05, 4.69) is 11.2 Å². The van der Waals surface area contributed by atoms with Crippen LogP contribution >= 0.6 is 11.8 Å². The number of carboxylic acids is 1. The van der Waals surface area contributed by atoms with Gasteiger partial charge in [0.2, 0.25) is 5.91 Å². The lowest BCUT2D eigenvalue weighted by molar-refractivity contribution is -0.137. The fraction of sp³-hybridized carbons (Fsp3) is 0.600. The molecule has 0 saturated carbocycles. The number of hydrogen-bond donors (Lipinski definition) is 2. The highest BCUT2D eigenvalue weighted by atomic mass is 32.2. The van der Waals surface area contributed by atoms with Gasteiger partial charge in [-0.3, -0.25) is 9.59 Å².